The number of hydrogen-bond donors (Lipinski definition) is 1. The number of hydrogen-bond acceptors (Lipinski definition) is 3. The van der Waals surface area contributed by atoms with Crippen LogP contribution in [0.25, 0.3) is 0 Å². The third-order valence-corrected chi connectivity index (χ3v) is 2.62. The van der Waals surface area contributed by atoms with E-state index in [9.17, 15) is 4.79 Å². The molecule has 0 bridgehead atoms. The first-order chi connectivity index (χ1) is 7.65. The minimum absolute atomic E-state index is 0.183. The molecule has 0 atom stereocenters. The van der Waals surface area contributed by atoms with E-state index >= 15 is 0 Å². The monoisotopic (exact) mass is 241 g/mol. The van der Waals surface area contributed by atoms with Crippen LogP contribution in [0.3, 0.4) is 0 Å². The van der Waals surface area contributed by atoms with Crippen molar-refractivity contribution in [3.05, 3.63) is 28.8 Å². The van der Waals surface area contributed by atoms with Crippen molar-refractivity contribution in [2.45, 2.75) is 19.8 Å². The molecule has 0 aromatic heterocycles. The van der Waals surface area contributed by atoms with Crippen LogP contribution in [-0.4, -0.2) is 19.6 Å². The molecule has 0 saturated carbocycles. The highest BCUT2D eigenvalue weighted by molar-refractivity contribution is 6.33. The third-order valence-electron chi connectivity index (χ3n) is 2.31. The van der Waals surface area contributed by atoms with E-state index < -0.39 is 0 Å². The third kappa shape index (κ3) is 3.74. The molecule has 0 unspecified atom stereocenters. The number of carbonyl (C=O) groups excluding carboxylic acids is 1. The van der Waals surface area contributed by atoms with E-state index in [0.717, 1.165) is 17.7 Å². The second-order valence-corrected chi connectivity index (χ2v) is 3.95. The van der Waals surface area contributed by atoms with Crippen LogP contribution in [0.1, 0.15) is 18.4 Å². The lowest BCUT2D eigenvalue weighted by atomic mass is 10.2. The van der Waals surface area contributed by atoms with Crippen molar-refractivity contribution in [1.82, 2.24) is 0 Å². The van der Waals surface area contributed by atoms with Gasteiger partial charge in [-0.05, 0) is 25.0 Å². The molecule has 0 radical (unpaired) electrons. The van der Waals surface area contributed by atoms with Crippen molar-refractivity contribution in [2.24, 2.45) is 0 Å². The summed E-state index contributed by atoms with van der Waals surface area (Å²) in [5.74, 6) is -0.183. The van der Waals surface area contributed by atoms with Gasteiger partial charge in [-0.3, -0.25) is 4.79 Å². The highest BCUT2D eigenvalue weighted by Gasteiger charge is 2.03. The number of aryl methyl sites for hydroxylation is 1. The number of para-hydroxylation sites is 1. The van der Waals surface area contributed by atoms with Crippen LogP contribution >= 0.6 is 11.6 Å². The maximum Gasteiger partial charge on any atom is 0.305 e. The van der Waals surface area contributed by atoms with Gasteiger partial charge in [0.15, 0.2) is 0 Å². The van der Waals surface area contributed by atoms with E-state index in [1.807, 2.05) is 25.1 Å². The molecule has 1 N–H and O–H groups in total. The van der Waals surface area contributed by atoms with E-state index in [-0.39, 0.29) is 5.97 Å². The number of benzene rings is 1. The highest BCUT2D eigenvalue weighted by atomic mass is 35.5. The Morgan fingerprint density at radius 1 is 1.50 bits per heavy atom. The Kier molecular flexibility index (Phi) is 5.12. The lowest BCUT2D eigenvalue weighted by molar-refractivity contribution is -0.140. The second kappa shape index (κ2) is 6.38. The van der Waals surface area contributed by atoms with Gasteiger partial charge in [0.1, 0.15) is 0 Å². The minimum Gasteiger partial charge on any atom is -0.469 e. The second-order valence-electron chi connectivity index (χ2n) is 3.54. The quantitative estimate of drug-likeness (QED) is 0.636. The Morgan fingerprint density at radius 2 is 2.25 bits per heavy atom. The molecule has 0 amide bonds. The number of methoxy groups -OCH3 is 1. The fourth-order valence-electron chi connectivity index (χ4n) is 1.40. The van der Waals surface area contributed by atoms with Crippen molar-refractivity contribution in [3.63, 3.8) is 0 Å². The number of esters is 1. The maximum absolute atomic E-state index is 10.9. The Morgan fingerprint density at radius 3 is 2.88 bits per heavy atom. The van der Waals surface area contributed by atoms with Crippen LogP contribution in [-0.2, 0) is 9.53 Å². The number of halogens is 1. The zero-order valence-electron chi connectivity index (χ0n) is 9.55. The molecule has 3 nitrogen and oxygen atoms in total. The Balaban J connectivity index is 2.40. The summed E-state index contributed by atoms with van der Waals surface area (Å²) in [6.45, 7) is 2.70. The van der Waals surface area contributed by atoms with Crippen LogP contribution in [0.5, 0.6) is 0 Å². The van der Waals surface area contributed by atoms with Gasteiger partial charge in [-0.15, -0.1) is 0 Å². The van der Waals surface area contributed by atoms with Gasteiger partial charge in [-0.25, -0.2) is 0 Å². The summed E-state index contributed by atoms with van der Waals surface area (Å²) in [5, 5.41) is 3.93. The summed E-state index contributed by atoms with van der Waals surface area (Å²) < 4.78 is 4.56. The van der Waals surface area contributed by atoms with Crippen molar-refractivity contribution < 1.29 is 9.53 Å². The zero-order valence-corrected chi connectivity index (χ0v) is 10.3. The number of ether oxygens (including phenoxy) is 1. The molecule has 0 fully saturated rings. The summed E-state index contributed by atoms with van der Waals surface area (Å²) in [5.41, 5.74) is 2.04. The first-order valence-electron chi connectivity index (χ1n) is 5.21. The van der Waals surface area contributed by atoms with Crippen molar-refractivity contribution in [2.75, 3.05) is 19.0 Å². The molecule has 1 aromatic carbocycles. The Bertz CT molecular complexity index is 346. The van der Waals surface area contributed by atoms with Crippen LogP contribution in [0.2, 0.25) is 5.02 Å². The molecular formula is C12H16ClNO2. The first-order valence-corrected chi connectivity index (χ1v) is 5.58. The summed E-state index contributed by atoms with van der Waals surface area (Å²) in [6.07, 6.45) is 1.16. The lowest BCUT2D eigenvalue weighted by Gasteiger charge is -2.10. The molecule has 0 aliphatic carbocycles. The van der Waals surface area contributed by atoms with Crippen LogP contribution in [0.15, 0.2) is 18.2 Å². The van der Waals surface area contributed by atoms with E-state index in [1.165, 1.54) is 7.11 Å². The van der Waals surface area contributed by atoms with E-state index in [4.69, 9.17) is 11.6 Å². The number of nitrogens with one attached hydrogen (secondary N) is 1. The summed E-state index contributed by atoms with van der Waals surface area (Å²) in [7, 11) is 1.40. The summed E-state index contributed by atoms with van der Waals surface area (Å²) in [6, 6.07) is 5.75. The van der Waals surface area contributed by atoms with Crippen LogP contribution in [0, 0.1) is 6.92 Å². The molecule has 16 heavy (non-hydrogen) atoms. The molecule has 0 heterocycles. The molecule has 0 aliphatic heterocycles. The molecule has 0 aliphatic rings. The largest absolute Gasteiger partial charge is 0.469 e. The predicted molar refractivity (Wildman–Crippen MR) is 65.9 cm³/mol. The van der Waals surface area contributed by atoms with E-state index in [0.29, 0.717) is 18.0 Å². The molecule has 4 heteroatoms. The van der Waals surface area contributed by atoms with Crippen molar-refractivity contribution in [1.29, 1.82) is 0 Å². The zero-order chi connectivity index (χ0) is 12.0. The molecular weight excluding hydrogens is 226 g/mol. The van der Waals surface area contributed by atoms with Crippen molar-refractivity contribution in [3.8, 4) is 0 Å². The summed E-state index contributed by atoms with van der Waals surface area (Å²) >= 11 is 6.04. The van der Waals surface area contributed by atoms with Crippen molar-refractivity contribution >= 4 is 23.3 Å². The number of rotatable bonds is 5. The molecule has 0 saturated heterocycles. The van der Waals surface area contributed by atoms with Gasteiger partial charge in [0.05, 0.1) is 17.8 Å². The molecule has 1 rings (SSSR count). The SMILES string of the molecule is COC(=O)CCCNc1c(C)cccc1Cl. The molecule has 88 valence electrons. The standard InChI is InChI=1S/C12H16ClNO2/c1-9-5-3-6-10(13)12(9)14-8-4-7-11(15)16-2/h3,5-6,14H,4,7-8H2,1-2H3. The minimum atomic E-state index is -0.183. The Labute approximate surface area is 101 Å². The van der Waals surface area contributed by atoms with Crippen LogP contribution in [0.4, 0.5) is 5.69 Å². The average molecular weight is 242 g/mol. The van der Waals surface area contributed by atoms with Gasteiger partial charge < -0.3 is 10.1 Å². The smallest absolute Gasteiger partial charge is 0.305 e. The normalized spacial score (nSPS) is 9.94. The van der Waals surface area contributed by atoms with Gasteiger partial charge in [0, 0.05) is 13.0 Å². The molecule has 0 spiro atoms. The topological polar surface area (TPSA) is 38.3 Å². The van der Waals surface area contributed by atoms with Gasteiger partial charge in [-0.2, -0.15) is 0 Å². The predicted octanol–water partition coefficient (Wildman–Crippen LogP) is 3.01. The van der Waals surface area contributed by atoms with E-state index in [2.05, 4.69) is 10.1 Å². The first kappa shape index (κ1) is 12.8. The number of carbonyl (C=O) groups is 1. The van der Waals surface area contributed by atoms with Gasteiger partial charge in [0.2, 0.25) is 0 Å². The average Bonchev–Trinajstić information content (AvgIpc) is 2.27. The van der Waals surface area contributed by atoms with Crippen LogP contribution < -0.4 is 5.32 Å². The van der Waals surface area contributed by atoms with Gasteiger partial charge in [0.25, 0.3) is 0 Å². The summed E-state index contributed by atoms with van der Waals surface area (Å²) in [4.78, 5) is 10.9. The van der Waals surface area contributed by atoms with Gasteiger partial charge in [-0.1, -0.05) is 23.7 Å². The maximum atomic E-state index is 10.9. The van der Waals surface area contributed by atoms with Gasteiger partial charge >= 0.3 is 5.97 Å². The van der Waals surface area contributed by atoms with E-state index in [1.54, 1.807) is 0 Å². The fraction of sp³-hybridized carbons (Fsp3) is 0.417. The number of anilines is 1. The fourth-order valence-corrected chi connectivity index (χ4v) is 1.69. The molecule has 1 aromatic rings. The highest BCUT2D eigenvalue weighted by Crippen LogP contribution is 2.24. The Hall–Kier alpha value is -1.22. The lowest BCUT2D eigenvalue weighted by Crippen LogP contribution is -2.07.